The van der Waals surface area contributed by atoms with E-state index in [0.29, 0.717) is 0 Å². The fourth-order valence-electron chi connectivity index (χ4n) is 7.70. The van der Waals surface area contributed by atoms with Crippen molar-refractivity contribution in [2.75, 3.05) is 0 Å². The maximum absolute atomic E-state index is 2.45. The lowest BCUT2D eigenvalue weighted by Crippen LogP contribution is -2.32. The predicted molar refractivity (Wildman–Crippen MR) is 120 cm³/mol. The van der Waals surface area contributed by atoms with Gasteiger partial charge in [0.1, 0.15) is 0 Å². The molecule has 4 aliphatic carbocycles. The van der Waals surface area contributed by atoms with E-state index < -0.39 is 0 Å². The minimum absolute atomic E-state index is 0.929. The van der Waals surface area contributed by atoms with E-state index in [1.54, 1.807) is 51.4 Å². The standard InChI is InChI=1S/C14H26.C13H24/c1-4-11-5-12-7-13(6-11)9-14(8-12)10(2)3;1-9(2)13-7-11-4-10(3)5-12(6-11)8-13/h10-14H,4-9H2,1-3H3;9-13H,4-8H2,1-3H3/t11?,12-,13+,14?;10?,11-,12+,13?. The lowest BCUT2D eigenvalue weighted by molar-refractivity contribution is 0.0763. The number of fused-ring (bicyclic) bond motifs is 4. The third-order valence-electron chi connectivity index (χ3n) is 9.15. The maximum Gasteiger partial charge on any atom is -0.0386 e. The molecule has 0 spiro atoms. The molecule has 0 aromatic carbocycles. The van der Waals surface area contributed by atoms with Crippen molar-refractivity contribution in [3.63, 3.8) is 0 Å². The maximum atomic E-state index is 2.45. The van der Waals surface area contributed by atoms with Gasteiger partial charge in [0.2, 0.25) is 0 Å². The third kappa shape index (κ3) is 5.99. The SMILES string of the molecule is CC1C[C@@H]2CC(C(C)C)C[C@H](C1)C2.CCC1C[C@@H]2CC(C(C)C)C[C@H](C1)C2. The van der Waals surface area contributed by atoms with Crippen LogP contribution >= 0.6 is 0 Å². The Bertz CT molecular complexity index is 403. The molecule has 4 saturated carbocycles. The van der Waals surface area contributed by atoms with Gasteiger partial charge in [-0.05, 0) is 123 Å². The van der Waals surface area contributed by atoms with Crippen molar-refractivity contribution in [3.05, 3.63) is 0 Å². The molecule has 4 fully saturated rings. The van der Waals surface area contributed by atoms with Crippen LogP contribution in [0.5, 0.6) is 0 Å². The molecule has 0 aromatic rings. The summed E-state index contributed by atoms with van der Waals surface area (Å²) < 4.78 is 0. The summed E-state index contributed by atoms with van der Waals surface area (Å²) in [5, 5.41) is 0. The van der Waals surface area contributed by atoms with Gasteiger partial charge in [-0.2, -0.15) is 0 Å². The summed E-state index contributed by atoms with van der Waals surface area (Å²) in [6.07, 6.45) is 16.9. The van der Waals surface area contributed by atoms with Crippen LogP contribution in [0.4, 0.5) is 0 Å². The molecule has 158 valence electrons. The van der Waals surface area contributed by atoms with Crippen LogP contribution in [0, 0.1) is 59.2 Å². The van der Waals surface area contributed by atoms with Gasteiger partial charge in [0, 0.05) is 0 Å². The first kappa shape index (κ1) is 21.7. The molecule has 0 aromatic heterocycles. The van der Waals surface area contributed by atoms with Crippen LogP contribution < -0.4 is 0 Å². The summed E-state index contributed by atoms with van der Waals surface area (Å²) in [5.74, 6) is 10.4. The highest BCUT2D eigenvalue weighted by Gasteiger charge is 2.36. The molecule has 4 rings (SSSR count). The van der Waals surface area contributed by atoms with Crippen molar-refractivity contribution in [1.29, 1.82) is 0 Å². The largest absolute Gasteiger partial charge is 0.0651 e. The van der Waals surface area contributed by atoms with Gasteiger partial charge < -0.3 is 0 Å². The Balaban J connectivity index is 0.000000156. The van der Waals surface area contributed by atoms with Crippen molar-refractivity contribution in [2.24, 2.45) is 59.2 Å². The molecule has 0 aliphatic heterocycles. The highest BCUT2D eigenvalue weighted by molar-refractivity contribution is 4.87. The van der Waals surface area contributed by atoms with E-state index in [1.165, 1.54) is 19.3 Å². The second-order valence-corrected chi connectivity index (χ2v) is 12.2. The average molecular weight is 375 g/mol. The molecule has 4 bridgehead atoms. The molecule has 4 unspecified atom stereocenters. The van der Waals surface area contributed by atoms with Gasteiger partial charge in [-0.3, -0.25) is 0 Å². The summed E-state index contributed by atoms with van der Waals surface area (Å²) in [5.41, 5.74) is 0. The van der Waals surface area contributed by atoms with Gasteiger partial charge in [0.15, 0.2) is 0 Å². The van der Waals surface area contributed by atoms with Crippen molar-refractivity contribution >= 4 is 0 Å². The van der Waals surface area contributed by atoms with Crippen molar-refractivity contribution < 1.29 is 0 Å². The van der Waals surface area contributed by atoms with Gasteiger partial charge in [-0.1, -0.05) is 48.0 Å². The second kappa shape index (κ2) is 9.67. The fourth-order valence-corrected chi connectivity index (χ4v) is 7.70. The fraction of sp³-hybridized carbons (Fsp3) is 1.00. The van der Waals surface area contributed by atoms with Gasteiger partial charge in [0.05, 0.1) is 0 Å². The molecular weight excluding hydrogens is 324 g/mol. The molecule has 0 amide bonds. The van der Waals surface area contributed by atoms with Crippen LogP contribution in [-0.4, -0.2) is 0 Å². The molecular formula is C27H50. The van der Waals surface area contributed by atoms with E-state index in [0.717, 1.165) is 59.2 Å². The highest BCUT2D eigenvalue weighted by atomic mass is 14.4. The summed E-state index contributed by atoms with van der Waals surface area (Å²) in [7, 11) is 0. The molecule has 0 heteroatoms. The minimum Gasteiger partial charge on any atom is -0.0651 e. The number of hydrogen-bond donors (Lipinski definition) is 0. The molecule has 4 aliphatic rings. The smallest absolute Gasteiger partial charge is 0.0386 e. The highest BCUT2D eigenvalue weighted by Crippen LogP contribution is 2.48. The molecule has 0 heterocycles. The first-order valence-electron chi connectivity index (χ1n) is 12.8. The van der Waals surface area contributed by atoms with E-state index in [-0.39, 0.29) is 0 Å². The Hall–Kier alpha value is 0. The van der Waals surface area contributed by atoms with Crippen molar-refractivity contribution in [2.45, 2.75) is 112 Å². The van der Waals surface area contributed by atoms with Crippen LogP contribution in [0.15, 0.2) is 0 Å². The van der Waals surface area contributed by atoms with E-state index in [1.807, 2.05) is 0 Å². The van der Waals surface area contributed by atoms with E-state index in [9.17, 15) is 0 Å². The molecule has 0 radical (unpaired) electrons. The Morgan fingerprint density at radius 3 is 1.26 bits per heavy atom. The third-order valence-corrected chi connectivity index (χ3v) is 9.15. The average Bonchev–Trinajstić information content (AvgIpc) is 2.60. The summed E-state index contributed by atoms with van der Waals surface area (Å²) in [4.78, 5) is 0. The first-order valence-corrected chi connectivity index (χ1v) is 12.8. The van der Waals surface area contributed by atoms with E-state index in [4.69, 9.17) is 0 Å². The summed E-state index contributed by atoms with van der Waals surface area (Å²) in [6.45, 7) is 14.5. The van der Waals surface area contributed by atoms with Crippen molar-refractivity contribution in [3.8, 4) is 0 Å². The lowest BCUT2D eigenvalue weighted by atomic mass is 9.62. The Morgan fingerprint density at radius 2 is 0.926 bits per heavy atom. The van der Waals surface area contributed by atoms with Gasteiger partial charge in [-0.15, -0.1) is 0 Å². The lowest BCUT2D eigenvalue weighted by Gasteiger charge is -2.43. The van der Waals surface area contributed by atoms with Crippen LogP contribution in [-0.2, 0) is 0 Å². The zero-order valence-electron chi connectivity index (χ0n) is 19.6. The number of rotatable bonds is 3. The minimum atomic E-state index is 0.929. The molecule has 0 saturated heterocycles. The Kier molecular flexibility index (Phi) is 7.77. The van der Waals surface area contributed by atoms with Crippen LogP contribution in [0.3, 0.4) is 0 Å². The van der Waals surface area contributed by atoms with Crippen LogP contribution in [0.2, 0.25) is 0 Å². The van der Waals surface area contributed by atoms with E-state index in [2.05, 4.69) is 41.5 Å². The zero-order chi connectivity index (χ0) is 19.6. The van der Waals surface area contributed by atoms with Gasteiger partial charge >= 0.3 is 0 Å². The van der Waals surface area contributed by atoms with Crippen LogP contribution in [0.1, 0.15) is 112 Å². The Labute approximate surface area is 171 Å². The normalized spacial score (nSPS) is 44.0. The molecule has 0 nitrogen and oxygen atoms in total. The van der Waals surface area contributed by atoms with Gasteiger partial charge in [-0.25, -0.2) is 0 Å². The predicted octanol–water partition coefficient (Wildman–Crippen LogP) is 8.60. The quantitative estimate of drug-likeness (QED) is 0.464. The molecule has 8 atom stereocenters. The summed E-state index contributed by atoms with van der Waals surface area (Å²) in [6, 6.07) is 0. The van der Waals surface area contributed by atoms with Gasteiger partial charge in [0.25, 0.3) is 0 Å². The Morgan fingerprint density at radius 1 is 0.556 bits per heavy atom. The second-order valence-electron chi connectivity index (χ2n) is 12.2. The van der Waals surface area contributed by atoms with Crippen LogP contribution in [0.25, 0.3) is 0 Å². The summed E-state index contributed by atoms with van der Waals surface area (Å²) >= 11 is 0. The number of hydrogen-bond acceptors (Lipinski definition) is 0. The topological polar surface area (TPSA) is 0 Å². The first-order chi connectivity index (χ1) is 12.8. The molecule has 0 N–H and O–H groups in total. The van der Waals surface area contributed by atoms with Crippen molar-refractivity contribution in [1.82, 2.24) is 0 Å². The zero-order valence-corrected chi connectivity index (χ0v) is 19.6. The van der Waals surface area contributed by atoms with E-state index >= 15 is 0 Å². The monoisotopic (exact) mass is 374 g/mol. The molecule has 27 heavy (non-hydrogen) atoms.